The van der Waals surface area contributed by atoms with Crippen molar-refractivity contribution in [2.75, 3.05) is 32.8 Å². The van der Waals surface area contributed by atoms with Gasteiger partial charge in [-0.25, -0.2) is 4.90 Å². The van der Waals surface area contributed by atoms with Gasteiger partial charge in [-0.05, 0) is 72.6 Å². The molecule has 0 saturated carbocycles. The van der Waals surface area contributed by atoms with Crippen molar-refractivity contribution in [1.82, 2.24) is 4.90 Å². The maximum atomic E-state index is 13.6. The number of hydrogen-bond donors (Lipinski definition) is 0. The van der Waals surface area contributed by atoms with Gasteiger partial charge < -0.3 is 19.1 Å². The van der Waals surface area contributed by atoms with Crippen LogP contribution in [0.5, 0.6) is 17.2 Å². The summed E-state index contributed by atoms with van der Waals surface area (Å²) in [5.41, 5.74) is 1.69. The van der Waals surface area contributed by atoms with E-state index in [1.807, 2.05) is 12.1 Å². The Hall–Kier alpha value is -4.04. The third-order valence-corrected chi connectivity index (χ3v) is 6.52. The molecular formula is C28H27ClN2O6. The number of methoxy groups -OCH3 is 3. The van der Waals surface area contributed by atoms with Gasteiger partial charge in [-0.3, -0.25) is 14.4 Å². The smallest absolute Gasteiger partial charge is 0.257 e. The molecule has 0 unspecified atom stereocenters. The van der Waals surface area contributed by atoms with Crippen molar-refractivity contribution in [2.45, 2.75) is 18.9 Å². The Labute approximate surface area is 220 Å². The van der Waals surface area contributed by atoms with E-state index in [1.54, 1.807) is 68.8 Å². The van der Waals surface area contributed by atoms with Gasteiger partial charge >= 0.3 is 0 Å². The molecule has 0 radical (unpaired) electrons. The number of halogens is 1. The van der Waals surface area contributed by atoms with Crippen LogP contribution in [0.25, 0.3) is 0 Å². The molecule has 3 amide bonds. The number of rotatable bonds is 9. The Kier molecular flexibility index (Phi) is 7.98. The van der Waals surface area contributed by atoms with Crippen molar-refractivity contribution in [3.05, 3.63) is 82.9 Å². The number of carbonyl (C=O) groups excluding carboxylic acids is 3. The summed E-state index contributed by atoms with van der Waals surface area (Å²) in [5, 5.41) is 0.492. The lowest BCUT2D eigenvalue weighted by atomic mass is 10.1. The molecule has 9 heteroatoms. The monoisotopic (exact) mass is 522 g/mol. The molecule has 0 aliphatic carbocycles. The van der Waals surface area contributed by atoms with Crippen molar-refractivity contribution in [2.24, 2.45) is 0 Å². The first-order chi connectivity index (χ1) is 17.9. The summed E-state index contributed by atoms with van der Waals surface area (Å²) in [5.74, 6) is 0.569. The highest BCUT2D eigenvalue weighted by atomic mass is 35.5. The number of ether oxygens (including phenoxy) is 3. The molecule has 192 valence electrons. The second-order valence-electron chi connectivity index (χ2n) is 8.43. The van der Waals surface area contributed by atoms with Crippen LogP contribution in [0.4, 0.5) is 5.69 Å². The fourth-order valence-electron chi connectivity index (χ4n) is 4.30. The average Bonchev–Trinajstić information content (AvgIpc) is 3.22. The first-order valence-corrected chi connectivity index (χ1v) is 12.0. The van der Waals surface area contributed by atoms with Crippen LogP contribution in [0.1, 0.15) is 22.3 Å². The van der Waals surface area contributed by atoms with E-state index in [-0.39, 0.29) is 24.8 Å². The summed E-state index contributed by atoms with van der Waals surface area (Å²) in [6.07, 6.45) is 0.316. The van der Waals surface area contributed by atoms with Gasteiger partial charge in [-0.2, -0.15) is 0 Å². The fraction of sp³-hybridized carbons (Fsp3) is 0.250. The van der Waals surface area contributed by atoms with Gasteiger partial charge in [-0.1, -0.05) is 17.7 Å². The summed E-state index contributed by atoms with van der Waals surface area (Å²) in [7, 11) is 4.64. The molecule has 8 nitrogen and oxygen atoms in total. The number of anilines is 1. The summed E-state index contributed by atoms with van der Waals surface area (Å²) in [6.45, 7) is 0.205. The Morgan fingerprint density at radius 1 is 0.919 bits per heavy atom. The van der Waals surface area contributed by atoms with Gasteiger partial charge in [0.25, 0.3) is 11.8 Å². The lowest BCUT2D eigenvalue weighted by molar-refractivity contribution is -0.122. The zero-order valence-corrected chi connectivity index (χ0v) is 21.5. The van der Waals surface area contributed by atoms with E-state index in [2.05, 4.69) is 0 Å². The Balaban J connectivity index is 1.63. The zero-order chi connectivity index (χ0) is 26.5. The number of nitrogens with zero attached hydrogens (tertiary/aromatic N) is 2. The minimum atomic E-state index is -0.946. The Bertz CT molecular complexity index is 1290. The summed E-state index contributed by atoms with van der Waals surface area (Å²) < 4.78 is 15.9. The predicted octanol–water partition coefficient (Wildman–Crippen LogP) is 4.38. The van der Waals surface area contributed by atoms with Crippen LogP contribution in [0, 0.1) is 0 Å². The molecule has 3 aromatic carbocycles. The molecule has 1 atom stereocenters. The Morgan fingerprint density at radius 3 is 2.22 bits per heavy atom. The van der Waals surface area contributed by atoms with E-state index >= 15 is 0 Å². The molecular weight excluding hydrogens is 496 g/mol. The molecule has 1 heterocycles. The molecule has 0 aromatic heterocycles. The molecule has 1 aliphatic heterocycles. The molecule has 4 rings (SSSR count). The lowest BCUT2D eigenvalue weighted by Crippen LogP contribution is -2.46. The predicted molar refractivity (Wildman–Crippen MR) is 140 cm³/mol. The van der Waals surface area contributed by atoms with E-state index in [0.29, 0.717) is 39.9 Å². The third kappa shape index (κ3) is 5.54. The van der Waals surface area contributed by atoms with Crippen molar-refractivity contribution >= 4 is 35.0 Å². The maximum Gasteiger partial charge on any atom is 0.257 e. The van der Waals surface area contributed by atoms with E-state index in [1.165, 1.54) is 12.0 Å². The minimum absolute atomic E-state index is 0.115. The first-order valence-electron chi connectivity index (χ1n) is 11.6. The second kappa shape index (κ2) is 11.3. The van der Waals surface area contributed by atoms with Crippen LogP contribution in [-0.2, 0) is 16.0 Å². The van der Waals surface area contributed by atoms with Gasteiger partial charge in [0.2, 0.25) is 5.91 Å². The van der Waals surface area contributed by atoms with Gasteiger partial charge in [0.15, 0.2) is 11.5 Å². The van der Waals surface area contributed by atoms with Crippen LogP contribution in [0.2, 0.25) is 5.02 Å². The standard InChI is InChI=1S/C28H27ClN2O6/c1-35-22-11-9-21(10-12-22)31-26(32)17-23(28(31)34)30(27(33)19-5-7-20(29)8-6-19)15-14-18-4-13-24(36-2)25(16-18)37-3/h4-13,16,23H,14-15,17H2,1-3H3/t23-/m1/s1. The van der Waals surface area contributed by atoms with Crippen molar-refractivity contribution in [3.63, 3.8) is 0 Å². The highest BCUT2D eigenvalue weighted by Crippen LogP contribution is 2.30. The van der Waals surface area contributed by atoms with E-state index in [0.717, 1.165) is 10.5 Å². The van der Waals surface area contributed by atoms with Crippen molar-refractivity contribution in [3.8, 4) is 17.2 Å². The van der Waals surface area contributed by atoms with Gasteiger partial charge in [0.1, 0.15) is 11.8 Å². The molecule has 0 bridgehead atoms. The maximum absolute atomic E-state index is 13.6. The fourth-order valence-corrected chi connectivity index (χ4v) is 4.43. The number of carbonyl (C=O) groups is 3. The van der Waals surface area contributed by atoms with Crippen molar-refractivity contribution in [1.29, 1.82) is 0 Å². The van der Waals surface area contributed by atoms with Gasteiger partial charge in [0.05, 0.1) is 33.4 Å². The zero-order valence-electron chi connectivity index (χ0n) is 20.8. The van der Waals surface area contributed by atoms with Crippen LogP contribution in [0.15, 0.2) is 66.7 Å². The quantitative estimate of drug-likeness (QED) is 0.388. The molecule has 1 fully saturated rings. The topological polar surface area (TPSA) is 85.4 Å². The van der Waals surface area contributed by atoms with E-state index in [9.17, 15) is 14.4 Å². The normalized spacial score (nSPS) is 15.0. The second-order valence-corrected chi connectivity index (χ2v) is 8.87. The average molecular weight is 523 g/mol. The Morgan fingerprint density at radius 2 is 1.59 bits per heavy atom. The van der Waals surface area contributed by atoms with E-state index in [4.69, 9.17) is 25.8 Å². The number of hydrogen-bond acceptors (Lipinski definition) is 6. The molecule has 0 N–H and O–H groups in total. The molecule has 37 heavy (non-hydrogen) atoms. The van der Waals surface area contributed by atoms with Crippen LogP contribution in [-0.4, -0.2) is 56.5 Å². The molecule has 1 saturated heterocycles. The number of amides is 3. The summed E-state index contributed by atoms with van der Waals surface area (Å²) >= 11 is 6.01. The van der Waals surface area contributed by atoms with Crippen molar-refractivity contribution < 1.29 is 28.6 Å². The number of imide groups is 1. The highest BCUT2D eigenvalue weighted by molar-refractivity contribution is 6.30. The van der Waals surface area contributed by atoms with Crippen LogP contribution >= 0.6 is 11.6 Å². The minimum Gasteiger partial charge on any atom is -0.497 e. The SMILES string of the molecule is COc1ccc(N2C(=O)C[C@@H](N(CCc3ccc(OC)c(OC)c3)C(=O)c3ccc(Cl)cc3)C2=O)cc1. The summed E-state index contributed by atoms with van der Waals surface area (Å²) in [4.78, 5) is 42.7. The third-order valence-electron chi connectivity index (χ3n) is 6.27. The highest BCUT2D eigenvalue weighted by Gasteiger charge is 2.44. The lowest BCUT2D eigenvalue weighted by Gasteiger charge is -2.28. The van der Waals surface area contributed by atoms with Crippen LogP contribution < -0.4 is 19.1 Å². The molecule has 1 aliphatic rings. The van der Waals surface area contributed by atoms with E-state index < -0.39 is 11.9 Å². The van der Waals surface area contributed by atoms with Gasteiger partial charge in [0, 0.05) is 17.1 Å². The summed E-state index contributed by atoms with van der Waals surface area (Å²) in [6, 6.07) is 17.6. The van der Waals surface area contributed by atoms with Crippen LogP contribution in [0.3, 0.4) is 0 Å². The largest absolute Gasteiger partial charge is 0.497 e. The molecule has 3 aromatic rings. The first kappa shape index (κ1) is 26.0. The number of benzene rings is 3. The molecule has 0 spiro atoms. The van der Waals surface area contributed by atoms with Gasteiger partial charge in [-0.15, -0.1) is 0 Å².